The predicted octanol–water partition coefficient (Wildman–Crippen LogP) is 2.99. The van der Waals surface area contributed by atoms with Crippen LogP contribution in [0.5, 0.6) is 0 Å². The summed E-state index contributed by atoms with van der Waals surface area (Å²) in [5, 5.41) is 4.56. The minimum absolute atomic E-state index is 0.798. The maximum absolute atomic E-state index is 4.56. The summed E-state index contributed by atoms with van der Waals surface area (Å²) < 4.78 is 1.95. The standard InChI is InChI=1S/C15H13N3/c1-2-4-13(5-3-1)12-18-11-8-15(17-18)14-6-9-16-10-7-14/h1-11H,12H2. The molecule has 0 aliphatic heterocycles. The van der Waals surface area contributed by atoms with Crippen LogP contribution in [0.4, 0.5) is 0 Å². The third kappa shape index (κ3) is 2.30. The molecule has 3 heteroatoms. The summed E-state index contributed by atoms with van der Waals surface area (Å²) in [6, 6.07) is 16.3. The van der Waals surface area contributed by atoms with Crippen LogP contribution in [-0.2, 0) is 6.54 Å². The number of hydrogen-bond acceptors (Lipinski definition) is 2. The molecule has 0 aliphatic rings. The second-order valence-electron chi connectivity index (χ2n) is 4.12. The van der Waals surface area contributed by atoms with E-state index in [9.17, 15) is 0 Å². The summed E-state index contributed by atoms with van der Waals surface area (Å²) in [6.07, 6.45) is 5.57. The van der Waals surface area contributed by atoms with Gasteiger partial charge in [-0.15, -0.1) is 0 Å². The van der Waals surface area contributed by atoms with E-state index in [2.05, 4.69) is 22.2 Å². The van der Waals surface area contributed by atoms with Crippen LogP contribution in [0, 0.1) is 0 Å². The van der Waals surface area contributed by atoms with Gasteiger partial charge in [0.05, 0.1) is 12.2 Å². The lowest BCUT2D eigenvalue weighted by atomic mass is 10.2. The van der Waals surface area contributed by atoms with Gasteiger partial charge in [-0.05, 0) is 23.8 Å². The van der Waals surface area contributed by atoms with Crippen molar-refractivity contribution in [3.8, 4) is 11.3 Å². The molecule has 0 aliphatic carbocycles. The Balaban J connectivity index is 1.82. The van der Waals surface area contributed by atoms with Gasteiger partial charge in [-0.2, -0.15) is 5.10 Å². The predicted molar refractivity (Wildman–Crippen MR) is 71.0 cm³/mol. The molecule has 0 amide bonds. The number of rotatable bonds is 3. The largest absolute Gasteiger partial charge is 0.268 e. The first-order valence-corrected chi connectivity index (χ1v) is 5.89. The van der Waals surface area contributed by atoms with E-state index in [1.807, 2.05) is 47.3 Å². The molecule has 0 spiro atoms. The summed E-state index contributed by atoms with van der Waals surface area (Å²) in [6.45, 7) is 0.798. The van der Waals surface area contributed by atoms with Crippen molar-refractivity contribution in [1.29, 1.82) is 0 Å². The lowest BCUT2D eigenvalue weighted by Crippen LogP contribution is -1.99. The first-order chi connectivity index (χ1) is 8.92. The van der Waals surface area contributed by atoms with Crippen LogP contribution in [0.2, 0.25) is 0 Å². The Morgan fingerprint density at radius 1 is 0.889 bits per heavy atom. The van der Waals surface area contributed by atoms with Crippen molar-refractivity contribution in [2.75, 3.05) is 0 Å². The summed E-state index contributed by atoms with van der Waals surface area (Å²) in [4.78, 5) is 4.01. The number of benzene rings is 1. The van der Waals surface area contributed by atoms with E-state index < -0.39 is 0 Å². The Hall–Kier alpha value is -2.42. The molecule has 88 valence electrons. The lowest BCUT2D eigenvalue weighted by Gasteiger charge is -2.01. The zero-order chi connectivity index (χ0) is 12.2. The van der Waals surface area contributed by atoms with E-state index in [-0.39, 0.29) is 0 Å². The fourth-order valence-electron chi connectivity index (χ4n) is 1.90. The molecule has 0 atom stereocenters. The molecule has 0 radical (unpaired) electrons. The molecule has 0 bridgehead atoms. The first-order valence-electron chi connectivity index (χ1n) is 5.89. The molecule has 3 rings (SSSR count). The van der Waals surface area contributed by atoms with Crippen molar-refractivity contribution >= 4 is 0 Å². The lowest BCUT2D eigenvalue weighted by molar-refractivity contribution is 0.689. The highest BCUT2D eigenvalue weighted by atomic mass is 15.3. The molecular formula is C15H13N3. The highest BCUT2D eigenvalue weighted by molar-refractivity contribution is 5.57. The van der Waals surface area contributed by atoms with E-state index in [0.717, 1.165) is 17.8 Å². The van der Waals surface area contributed by atoms with Gasteiger partial charge in [0.25, 0.3) is 0 Å². The fraction of sp³-hybridized carbons (Fsp3) is 0.0667. The van der Waals surface area contributed by atoms with Crippen LogP contribution in [0.25, 0.3) is 11.3 Å². The van der Waals surface area contributed by atoms with E-state index in [1.165, 1.54) is 5.56 Å². The van der Waals surface area contributed by atoms with Crippen LogP contribution in [0.3, 0.4) is 0 Å². The molecule has 0 saturated heterocycles. The minimum atomic E-state index is 0.798. The second kappa shape index (κ2) is 4.84. The van der Waals surface area contributed by atoms with Crippen LogP contribution in [-0.4, -0.2) is 14.8 Å². The highest BCUT2D eigenvalue weighted by Crippen LogP contribution is 2.15. The van der Waals surface area contributed by atoms with Gasteiger partial charge in [-0.3, -0.25) is 9.67 Å². The van der Waals surface area contributed by atoms with Gasteiger partial charge in [0.2, 0.25) is 0 Å². The summed E-state index contributed by atoms with van der Waals surface area (Å²) >= 11 is 0. The minimum Gasteiger partial charge on any atom is -0.268 e. The topological polar surface area (TPSA) is 30.7 Å². The second-order valence-corrected chi connectivity index (χ2v) is 4.12. The monoisotopic (exact) mass is 235 g/mol. The smallest absolute Gasteiger partial charge is 0.0924 e. The van der Waals surface area contributed by atoms with Gasteiger partial charge in [-0.1, -0.05) is 30.3 Å². The maximum Gasteiger partial charge on any atom is 0.0924 e. The summed E-state index contributed by atoms with van der Waals surface area (Å²) in [7, 11) is 0. The molecule has 2 aromatic heterocycles. The summed E-state index contributed by atoms with van der Waals surface area (Å²) in [5.41, 5.74) is 3.33. The zero-order valence-corrected chi connectivity index (χ0v) is 9.90. The van der Waals surface area contributed by atoms with Gasteiger partial charge < -0.3 is 0 Å². The van der Waals surface area contributed by atoms with Crippen LogP contribution in [0.15, 0.2) is 67.1 Å². The molecule has 0 N–H and O–H groups in total. The third-order valence-electron chi connectivity index (χ3n) is 2.80. The van der Waals surface area contributed by atoms with Gasteiger partial charge in [0.15, 0.2) is 0 Å². The number of aromatic nitrogens is 3. The Labute approximate surface area is 106 Å². The Morgan fingerprint density at radius 3 is 2.44 bits per heavy atom. The van der Waals surface area contributed by atoms with Gasteiger partial charge in [0.1, 0.15) is 0 Å². The maximum atomic E-state index is 4.56. The van der Waals surface area contributed by atoms with Crippen LogP contribution < -0.4 is 0 Å². The Kier molecular flexibility index (Phi) is 2.88. The van der Waals surface area contributed by atoms with Crippen LogP contribution in [0.1, 0.15) is 5.56 Å². The van der Waals surface area contributed by atoms with Crippen molar-refractivity contribution in [2.45, 2.75) is 6.54 Å². The molecule has 3 aromatic rings. The highest BCUT2D eigenvalue weighted by Gasteiger charge is 2.02. The third-order valence-corrected chi connectivity index (χ3v) is 2.80. The van der Waals surface area contributed by atoms with E-state index in [4.69, 9.17) is 0 Å². The molecule has 2 heterocycles. The van der Waals surface area contributed by atoms with Gasteiger partial charge >= 0.3 is 0 Å². The van der Waals surface area contributed by atoms with Crippen molar-refractivity contribution in [3.63, 3.8) is 0 Å². The number of pyridine rings is 1. The molecule has 0 fully saturated rings. The fourth-order valence-corrected chi connectivity index (χ4v) is 1.90. The van der Waals surface area contributed by atoms with Gasteiger partial charge in [0, 0.05) is 24.2 Å². The molecule has 0 saturated carbocycles. The number of hydrogen-bond donors (Lipinski definition) is 0. The Morgan fingerprint density at radius 2 is 1.67 bits per heavy atom. The summed E-state index contributed by atoms with van der Waals surface area (Å²) in [5.74, 6) is 0. The van der Waals surface area contributed by atoms with E-state index in [1.54, 1.807) is 12.4 Å². The average Bonchev–Trinajstić information content (AvgIpc) is 2.89. The number of nitrogens with zero attached hydrogens (tertiary/aromatic N) is 3. The van der Waals surface area contributed by atoms with Gasteiger partial charge in [-0.25, -0.2) is 0 Å². The van der Waals surface area contributed by atoms with Crippen molar-refractivity contribution in [1.82, 2.24) is 14.8 Å². The van der Waals surface area contributed by atoms with E-state index >= 15 is 0 Å². The molecule has 3 nitrogen and oxygen atoms in total. The first kappa shape index (κ1) is 10.7. The average molecular weight is 235 g/mol. The Bertz CT molecular complexity index is 615. The zero-order valence-electron chi connectivity index (χ0n) is 9.90. The van der Waals surface area contributed by atoms with Crippen molar-refractivity contribution in [2.24, 2.45) is 0 Å². The quantitative estimate of drug-likeness (QED) is 0.698. The molecule has 18 heavy (non-hydrogen) atoms. The van der Waals surface area contributed by atoms with Crippen molar-refractivity contribution < 1.29 is 0 Å². The van der Waals surface area contributed by atoms with Crippen molar-refractivity contribution in [3.05, 3.63) is 72.7 Å². The SMILES string of the molecule is c1ccc(Cn2ccc(-c3ccncc3)n2)cc1. The molecule has 1 aromatic carbocycles. The normalized spacial score (nSPS) is 10.4. The van der Waals surface area contributed by atoms with E-state index in [0.29, 0.717) is 0 Å². The molecular weight excluding hydrogens is 222 g/mol. The molecule has 0 unspecified atom stereocenters. The van der Waals surface area contributed by atoms with Crippen LogP contribution >= 0.6 is 0 Å².